The van der Waals surface area contributed by atoms with Crippen LogP contribution in [-0.2, 0) is 0 Å². The molecule has 200 valence electrons. The standard InChI is InChI=1S/C33H68/c1-4-7-10-12-14-16-18-20-22-24-26-29-32-33(30-27-9-6-3)31-28-25-23-21-19-17-15-13-11-8-5-2/h33H,4-32H2,1-3H3. The Bertz CT molecular complexity index is 320. The molecule has 1 unspecified atom stereocenters. The fourth-order valence-electron chi connectivity index (χ4n) is 5.49. The summed E-state index contributed by atoms with van der Waals surface area (Å²) in [6.07, 6.45) is 42.8. The Labute approximate surface area is 212 Å². The van der Waals surface area contributed by atoms with Crippen LogP contribution in [0.1, 0.15) is 207 Å². The third kappa shape index (κ3) is 28.1. The zero-order chi connectivity index (χ0) is 24.1. The van der Waals surface area contributed by atoms with Crippen LogP contribution in [0.2, 0.25) is 0 Å². The Morgan fingerprint density at radius 2 is 0.424 bits per heavy atom. The van der Waals surface area contributed by atoms with Crippen molar-refractivity contribution in [2.45, 2.75) is 207 Å². The molecular formula is C33H68. The third-order valence-corrected chi connectivity index (χ3v) is 7.90. The molecular weight excluding hydrogens is 396 g/mol. The molecule has 0 N–H and O–H groups in total. The fourth-order valence-corrected chi connectivity index (χ4v) is 5.49. The predicted molar refractivity (Wildman–Crippen MR) is 154 cm³/mol. The lowest BCUT2D eigenvalue weighted by molar-refractivity contribution is 0.367. The first-order valence-corrected chi connectivity index (χ1v) is 16.3. The SMILES string of the molecule is CCCCCCCCCCCCCCC(CCCCC)CCCCCCCCCCCCC. The average molecular weight is 465 g/mol. The van der Waals surface area contributed by atoms with Gasteiger partial charge in [-0.25, -0.2) is 0 Å². The number of hydrogen-bond acceptors (Lipinski definition) is 0. The summed E-state index contributed by atoms with van der Waals surface area (Å²) < 4.78 is 0. The smallest absolute Gasteiger partial charge is 0.0414 e. The molecule has 0 saturated heterocycles. The molecule has 1 atom stereocenters. The van der Waals surface area contributed by atoms with Gasteiger partial charge in [-0.2, -0.15) is 0 Å². The van der Waals surface area contributed by atoms with E-state index in [1.54, 1.807) is 0 Å². The van der Waals surface area contributed by atoms with Crippen molar-refractivity contribution in [1.29, 1.82) is 0 Å². The average Bonchev–Trinajstić information content (AvgIpc) is 2.82. The first kappa shape index (κ1) is 33.0. The van der Waals surface area contributed by atoms with Crippen LogP contribution in [-0.4, -0.2) is 0 Å². The molecule has 33 heavy (non-hydrogen) atoms. The van der Waals surface area contributed by atoms with Crippen LogP contribution in [0.3, 0.4) is 0 Å². The van der Waals surface area contributed by atoms with Gasteiger partial charge in [-0.1, -0.05) is 207 Å². The summed E-state index contributed by atoms with van der Waals surface area (Å²) >= 11 is 0. The van der Waals surface area contributed by atoms with E-state index >= 15 is 0 Å². The monoisotopic (exact) mass is 465 g/mol. The molecule has 0 saturated carbocycles. The molecule has 0 spiro atoms. The molecule has 0 aromatic carbocycles. The highest BCUT2D eigenvalue weighted by Crippen LogP contribution is 2.24. The van der Waals surface area contributed by atoms with Crippen LogP contribution < -0.4 is 0 Å². The molecule has 0 radical (unpaired) electrons. The van der Waals surface area contributed by atoms with Crippen molar-refractivity contribution in [2.24, 2.45) is 5.92 Å². The largest absolute Gasteiger partial charge is 0.0654 e. The molecule has 0 aliphatic rings. The second-order valence-corrected chi connectivity index (χ2v) is 11.4. The predicted octanol–water partition coefficient (Wildman–Crippen LogP) is 13.0. The van der Waals surface area contributed by atoms with E-state index in [0.29, 0.717) is 0 Å². The first-order chi connectivity index (χ1) is 16.3. The van der Waals surface area contributed by atoms with Gasteiger partial charge in [-0.05, 0) is 5.92 Å². The molecule has 0 aromatic rings. The van der Waals surface area contributed by atoms with Crippen LogP contribution in [0.25, 0.3) is 0 Å². The molecule has 0 heterocycles. The van der Waals surface area contributed by atoms with Crippen LogP contribution in [0.5, 0.6) is 0 Å². The third-order valence-electron chi connectivity index (χ3n) is 7.90. The Morgan fingerprint density at radius 3 is 0.697 bits per heavy atom. The van der Waals surface area contributed by atoms with Gasteiger partial charge in [0, 0.05) is 0 Å². The van der Waals surface area contributed by atoms with E-state index in [-0.39, 0.29) is 0 Å². The van der Waals surface area contributed by atoms with E-state index in [0.717, 1.165) is 5.92 Å². The minimum atomic E-state index is 1.04. The lowest BCUT2D eigenvalue weighted by atomic mass is 9.89. The maximum atomic E-state index is 2.35. The quantitative estimate of drug-likeness (QED) is 0.0965. The van der Waals surface area contributed by atoms with Crippen LogP contribution in [0, 0.1) is 5.92 Å². The zero-order valence-electron chi connectivity index (χ0n) is 24.1. The number of unbranched alkanes of at least 4 members (excludes halogenated alkanes) is 23. The maximum Gasteiger partial charge on any atom is -0.0414 e. The van der Waals surface area contributed by atoms with E-state index < -0.39 is 0 Å². The Kier molecular flexibility index (Phi) is 30.0. The molecule has 0 fully saturated rings. The van der Waals surface area contributed by atoms with E-state index in [1.807, 2.05) is 0 Å². The van der Waals surface area contributed by atoms with Crippen molar-refractivity contribution < 1.29 is 0 Å². The molecule has 0 aromatic heterocycles. The minimum absolute atomic E-state index is 1.04. The normalized spacial score (nSPS) is 12.5. The Balaban J connectivity index is 3.58. The Hall–Kier alpha value is 0. The van der Waals surface area contributed by atoms with Gasteiger partial charge in [-0.15, -0.1) is 0 Å². The van der Waals surface area contributed by atoms with Gasteiger partial charge in [0.05, 0.1) is 0 Å². The molecule has 0 amide bonds. The highest BCUT2D eigenvalue weighted by atomic mass is 14.1. The summed E-state index contributed by atoms with van der Waals surface area (Å²) in [6.45, 7) is 6.98. The molecule has 0 bridgehead atoms. The Morgan fingerprint density at radius 1 is 0.242 bits per heavy atom. The van der Waals surface area contributed by atoms with Crippen molar-refractivity contribution in [1.82, 2.24) is 0 Å². The van der Waals surface area contributed by atoms with Crippen LogP contribution in [0.4, 0.5) is 0 Å². The first-order valence-electron chi connectivity index (χ1n) is 16.3. The second kappa shape index (κ2) is 30.0. The summed E-state index contributed by atoms with van der Waals surface area (Å²) in [5, 5.41) is 0. The second-order valence-electron chi connectivity index (χ2n) is 11.4. The van der Waals surface area contributed by atoms with Crippen molar-refractivity contribution in [3.63, 3.8) is 0 Å². The summed E-state index contributed by atoms with van der Waals surface area (Å²) in [5.74, 6) is 1.04. The summed E-state index contributed by atoms with van der Waals surface area (Å²) in [4.78, 5) is 0. The number of rotatable bonds is 29. The highest BCUT2D eigenvalue weighted by molar-refractivity contribution is 4.62. The molecule has 0 rings (SSSR count). The van der Waals surface area contributed by atoms with Gasteiger partial charge < -0.3 is 0 Å². The zero-order valence-corrected chi connectivity index (χ0v) is 24.1. The lowest BCUT2D eigenvalue weighted by Crippen LogP contribution is -2.01. The molecule has 0 aliphatic heterocycles. The van der Waals surface area contributed by atoms with Crippen LogP contribution in [0.15, 0.2) is 0 Å². The van der Waals surface area contributed by atoms with Crippen molar-refractivity contribution in [3.8, 4) is 0 Å². The maximum absolute atomic E-state index is 2.35. The van der Waals surface area contributed by atoms with Gasteiger partial charge in [0.1, 0.15) is 0 Å². The van der Waals surface area contributed by atoms with Gasteiger partial charge in [-0.3, -0.25) is 0 Å². The van der Waals surface area contributed by atoms with Crippen molar-refractivity contribution in [3.05, 3.63) is 0 Å². The van der Waals surface area contributed by atoms with E-state index in [1.165, 1.54) is 186 Å². The van der Waals surface area contributed by atoms with Gasteiger partial charge in [0.25, 0.3) is 0 Å². The van der Waals surface area contributed by atoms with Crippen molar-refractivity contribution in [2.75, 3.05) is 0 Å². The minimum Gasteiger partial charge on any atom is -0.0654 e. The van der Waals surface area contributed by atoms with Crippen molar-refractivity contribution >= 4 is 0 Å². The van der Waals surface area contributed by atoms with Crippen LogP contribution >= 0.6 is 0 Å². The topological polar surface area (TPSA) is 0 Å². The summed E-state index contributed by atoms with van der Waals surface area (Å²) in [7, 11) is 0. The molecule has 0 aliphatic carbocycles. The lowest BCUT2D eigenvalue weighted by Gasteiger charge is -2.17. The van der Waals surface area contributed by atoms with E-state index in [4.69, 9.17) is 0 Å². The van der Waals surface area contributed by atoms with E-state index in [9.17, 15) is 0 Å². The summed E-state index contributed by atoms with van der Waals surface area (Å²) in [5.41, 5.74) is 0. The summed E-state index contributed by atoms with van der Waals surface area (Å²) in [6, 6.07) is 0. The van der Waals surface area contributed by atoms with Gasteiger partial charge in [0.2, 0.25) is 0 Å². The highest BCUT2D eigenvalue weighted by Gasteiger charge is 2.08. The fraction of sp³-hybridized carbons (Fsp3) is 1.00. The van der Waals surface area contributed by atoms with E-state index in [2.05, 4.69) is 20.8 Å². The van der Waals surface area contributed by atoms with Gasteiger partial charge >= 0.3 is 0 Å². The van der Waals surface area contributed by atoms with Gasteiger partial charge in [0.15, 0.2) is 0 Å². The molecule has 0 nitrogen and oxygen atoms in total. The number of hydrogen-bond donors (Lipinski definition) is 0. The molecule has 0 heteroatoms.